The maximum atomic E-state index is 12.2. The Morgan fingerprint density at radius 2 is 1.85 bits per heavy atom. The van der Waals surface area contributed by atoms with Gasteiger partial charge in [-0.3, -0.25) is 20.4 Å². The number of carbonyl (C=O) groups excluding carboxylic acids is 2. The summed E-state index contributed by atoms with van der Waals surface area (Å²) < 4.78 is 11.6. The molecule has 0 bridgehead atoms. The topological polar surface area (TPSA) is 76.7 Å². The summed E-state index contributed by atoms with van der Waals surface area (Å²) in [5.41, 5.74) is 5.00. The largest absolute Gasteiger partial charge is 0.492 e. The number of ether oxygens (including phenoxy) is 2. The normalized spacial score (nSPS) is 10.2. The van der Waals surface area contributed by atoms with Crippen LogP contribution in [0.25, 0.3) is 0 Å². The van der Waals surface area contributed by atoms with Crippen molar-refractivity contribution >= 4 is 39.3 Å². The van der Waals surface area contributed by atoms with Crippen LogP contribution in [0.1, 0.15) is 30.1 Å². The summed E-state index contributed by atoms with van der Waals surface area (Å²) >= 11 is 9.32. The molecule has 2 N–H and O–H groups in total. The zero-order chi connectivity index (χ0) is 19.6. The Hall–Kier alpha value is -2.25. The Kier molecular flexibility index (Phi) is 8.42. The lowest BCUT2D eigenvalue weighted by molar-refractivity contribution is -0.123. The van der Waals surface area contributed by atoms with E-state index in [1.807, 2.05) is 0 Å². The fraction of sp³-hybridized carbons (Fsp3) is 0.263. The minimum atomic E-state index is -0.512. The molecule has 0 radical (unpaired) electrons. The summed E-state index contributed by atoms with van der Waals surface area (Å²) in [6, 6.07) is 11.8. The Morgan fingerprint density at radius 1 is 1.07 bits per heavy atom. The quantitative estimate of drug-likeness (QED) is 0.464. The molecule has 0 aliphatic heterocycles. The number of rotatable bonds is 8. The highest BCUT2D eigenvalue weighted by atomic mass is 79.9. The molecule has 6 nitrogen and oxygen atoms in total. The molecule has 0 unspecified atom stereocenters. The first-order valence-corrected chi connectivity index (χ1v) is 9.57. The number of amides is 2. The van der Waals surface area contributed by atoms with Crippen molar-refractivity contribution in [3.63, 3.8) is 0 Å². The van der Waals surface area contributed by atoms with Crippen LogP contribution < -0.4 is 20.3 Å². The Morgan fingerprint density at radius 3 is 2.56 bits per heavy atom. The van der Waals surface area contributed by atoms with Gasteiger partial charge in [-0.25, -0.2) is 0 Å². The monoisotopic (exact) mass is 454 g/mol. The van der Waals surface area contributed by atoms with Crippen molar-refractivity contribution in [1.82, 2.24) is 10.9 Å². The van der Waals surface area contributed by atoms with Crippen molar-refractivity contribution < 1.29 is 19.1 Å². The number of hydrazine groups is 1. The lowest BCUT2D eigenvalue weighted by Crippen LogP contribution is -2.43. The van der Waals surface area contributed by atoms with E-state index < -0.39 is 11.8 Å². The van der Waals surface area contributed by atoms with Crippen molar-refractivity contribution in [1.29, 1.82) is 0 Å². The highest BCUT2D eigenvalue weighted by Gasteiger charge is 2.11. The van der Waals surface area contributed by atoms with Gasteiger partial charge in [-0.15, -0.1) is 0 Å². The standard InChI is InChI=1S/C19H20BrClN2O4/c1-2-3-10-26-16-9-8-13(11-14(16)20)19(25)23-22-18(24)12-27-17-7-5-4-6-15(17)21/h4-9,11H,2-3,10,12H2,1H3,(H,22,24)(H,23,25). The number of hydrogen-bond donors (Lipinski definition) is 2. The van der Waals surface area contributed by atoms with Crippen LogP contribution in [0.4, 0.5) is 0 Å². The summed E-state index contributed by atoms with van der Waals surface area (Å²) in [5.74, 6) is 0.0872. The maximum Gasteiger partial charge on any atom is 0.276 e. The maximum absolute atomic E-state index is 12.2. The summed E-state index contributed by atoms with van der Waals surface area (Å²) in [6.45, 7) is 2.42. The second-order valence-electron chi connectivity index (χ2n) is 5.57. The fourth-order valence-corrected chi connectivity index (χ4v) is 2.71. The van der Waals surface area contributed by atoms with Crippen molar-refractivity contribution in [2.45, 2.75) is 19.8 Å². The Balaban J connectivity index is 1.81. The van der Waals surface area contributed by atoms with E-state index in [9.17, 15) is 9.59 Å². The van der Waals surface area contributed by atoms with Gasteiger partial charge in [0, 0.05) is 5.56 Å². The van der Waals surface area contributed by atoms with Gasteiger partial charge >= 0.3 is 0 Å². The van der Waals surface area contributed by atoms with E-state index in [2.05, 4.69) is 33.7 Å². The van der Waals surface area contributed by atoms with E-state index in [0.717, 1.165) is 12.8 Å². The smallest absolute Gasteiger partial charge is 0.276 e. The molecule has 144 valence electrons. The van der Waals surface area contributed by atoms with Crippen LogP contribution in [0.15, 0.2) is 46.9 Å². The molecule has 0 spiro atoms. The third-order valence-corrected chi connectivity index (χ3v) is 4.39. The first-order valence-electron chi connectivity index (χ1n) is 8.40. The number of benzene rings is 2. The van der Waals surface area contributed by atoms with Crippen LogP contribution in [0.2, 0.25) is 5.02 Å². The van der Waals surface area contributed by atoms with Gasteiger partial charge in [-0.2, -0.15) is 0 Å². The lowest BCUT2D eigenvalue weighted by atomic mass is 10.2. The molecule has 27 heavy (non-hydrogen) atoms. The molecule has 0 saturated heterocycles. The van der Waals surface area contributed by atoms with E-state index in [0.29, 0.717) is 33.2 Å². The van der Waals surface area contributed by atoms with E-state index in [4.69, 9.17) is 21.1 Å². The number of nitrogens with one attached hydrogen (secondary N) is 2. The first-order chi connectivity index (χ1) is 13.0. The van der Waals surface area contributed by atoms with Gasteiger partial charge in [-0.1, -0.05) is 37.1 Å². The molecule has 0 aliphatic rings. The zero-order valence-electron chi connectivity index (χ0n) is 14.8. The average molecular weight is 456 g/mol. The average Bonchev–Trinajstić information content (AvgIpc) is 2.66. The van der Waals surface area contributed by atoms with Crippen LogP contribution in [-0.4, -0.2) is 25.0 Å². The van der Waals surface area contributed by atoms with Crippen LogP contribution in [0, 0.1) is 0 Å². The molecule has 0 atom stereocenters. The van der Waals surface area contributed by atoms with Crippen molar-refractivity contribution in [3.8, 4) is 11.5 Å². The predicted octanol–water partition coefficient (Wildman–Crippen LogP) is 4.12. The molecule has 0 saturated carbocycles. The number of hydrogen-bond acceptors (Lipinski definition) is 4. The second-order valence-corrected chi connectivity index (χ2v) is 6.83. The third-order valence-electron chi connectivity index (χ3n) is 3.46. The fourth-order valence-electron chi connectivity index (χ4n) is 2.03. The zero-order valence-corrected chi connectivity index (χ0v) is 17.1. The van der Waals surface area contributed by atoms with E-state index in [1.165, 1.54) is 0 Å². The van der Waals surface area contributed by atoms with Crippen molar-refractivity contribution in [3.05, 3.63) is 57.5 Å². The third kappa shape index (κ3) is 6.77. The number of unbranched alkanes of at least 4 members (excludes halogenated alkanes) is 1. The Labute approximate surface area is 171 Å². The molecule has 0 aromatic heterocycles. The molecule has 0 heterocycles. The van der Waals surface area contributed by atoms with E-state index >= 15 is 0 Å². The molecular formula is C19H20BrClN2O4. The summed E-state index contributed by atoms with van der Waals surface area (Å²) in [5, 5.41) is 0.403. The number of halogens is 2. The number of para-hydroxylation sites is 1. The van der Waals surface area contributed by atoms with Crippen LogP contribution in [-0.2, 0) is 4.79 Å². The predicted molar refractivity (Wildman–Crippen MR) is 107 cm³/mol. The second kappa shape index (κ2) is 10.8. The summed E-state index contributed by atoms with van der Waals surface area (Å²) in [7, 11) is 0. The van der Waals surface area contributed by atoms with Gasteiger partial charge in [0.2, 0.25) is 0 Å². The van der Waals surface area contributed by atoms with Gasteiger partial charge in [0.1, 0.15) is 11.5 Å². The molecule has 8 heteroatoms. The van der Waals surface area contributed by atoms with Gasteiger partial charge in [-0.05, 0) is 52.7 Å². The SMILES string of the molecule is CCCCOc1ccc(C(=O)NNC(=O)COc2ccccc2Cl)cc1Br. The molecule has 2 aromatic rings. The molecule has 0 aliphatic carbocycles. The Bertz CT molecular complexity index is 801. The van der Waals surface area contributed by atoms with Gasteiger partial charge in [0.25, 0.3) is 11.8 Å². The van der Waals surface area contributed by atoms with Gasteiger partial charge in [0.05, 0.1) is 16.1 Å². The number of carbonyl (C=O) groups is 2. The molecular weight excluding hydrogens is 436 g/mol. The van der Waals surface area contributed by atoms with Crippen LogP contribution in [0.5, 0.6) is 11.5 Å². The summed E-state index contributed by atoms with van der Waals surface area (Å²) in [4.78, 5) is 24.0. The highest BCUT2D eigenvalue weighted by Crippen LogP contribution is 2.26. The summed E-state index contributed by atoms with van der Waals surface area (Å²) in [6.07, 6.45) is 2.00. The minimum absolute atomic E-state index is 0.280. The van der Waals surface area contributed by atoms with E-state index in [-0.39, 0.29) is 6.61 Å². The molecule has 0 fully saturated rings. The van der Waals surface area contributed by atoms with Gasteiger partial charge < -0.3 is 9.47 Å². The van der Waals surface area contributed by atoms with Gasteiger partial charge in [0.15, 0.2) is 6.61 Å². The highest BCUT2D eigenvalue weighted by molar-refractivity contribution is 9.10. The lowest BCUT2D eigenvalue weighted by Gasteiger charge is -2.11. The van der Waals surface area contributed by atoms with Crippen LogP contribution in [0.3, 0.4) is 0 Å². The van der Waals surface area contributed by atoms with E-state index in [1.54, 1.807) is 42.5 Å². The van der Waals surface area contributed by atoms with Crippen molar-refractivity contribution in [2.75, 3.05) is 13.2 Å². The minimum Gasteiger partial charge on any atom is -0.492 e. The first kappa shape index (κ1) is 21.1. The molecule has 2 amide bonds. The van der Waals surface area contributed by atoms with Crippen LogP contribution >= 0.6 is 27.5 Å². The van der Waals surface area contributed by atoms with Crippen molar-refractivity contribution in [2.24, 2.45) is 0 Å². The molecule has 2 aromatic carbocycles. The molecule has 2 rings (SSSR count).